The van der Waals surface area contributed by atoms with Gasteiger partial charge >= 0.3 is 0 Å². The van der Waals surface area contributed by atoms with Crippen LogP contribution in [0.25, 0.3) is 0 Å². The van der Waals surface area contributed by atoms with Crippen molar-refractivity contribution in [3.05, 3.63) is 84.9 Å². The van der Waals surface area contributed by atoms with E-state index in [-0.39, 0.29) is 24.7 Å². The van der Waals surface area contributed by atoms with Crippen LogP contribution < -0.4 is 16.8 Å². The van der Waals surface area contributed by atoms with Gasteiger partial charge in [0.15, 0.2) is 6.30 Å². The smallest absolute Gasteiger partial charge is 0.248 e. The van der Waals surface area contributed by atoms with Crippen LogP contribution in [-0.4, -0.2) is 49.0 Å². The Morgan fingerprint density at radius 1 is 1.26 bits per heavy atom. The summed E-state index contributed by atoms with van der Waals surface area (Å²) in [6.45, 7) is 11.2. The van der Waals surface area contributed by atoms with Gasteiger partial charge < -0.3 is 11.5 Å². The summed E-state index contributed by atoms with van der Waals surface area (Å²) in [5.41, 5.74) is 15.2. The van der Waals surface area contributed by atoms with Crippen LogP contribution in [0.5, 0.6) is 0 Å². The largest absolute Gasteiger partial charge is 0.401 e. The van der Waals surface area contributed by atoms with Crippen molar-refractivity contribution in [3.8, 4) is 0 Å². The Morgan fingerprint density at radius 3 is 2.36 bits per heavy atom. The normalized spacial score (nSPS) is 25.3. The summed E-state index contributed by atoms with van der Waals surface area (Å²) in [6.07, 6.45) is 10.9. The molecular formula is C31H46F3N5. The third-order valence-corrected chi connectivity index (χ3v) is 7.19. The molecule has 1 aliphatic carbocycles. The predicted molar refractivity (Wildman–Crippen MR) is 157 cm³/mol. The first-order chi connectivity index (χ1) is 18.6. The maximum atomic E-state index is 13.2. The summed E-state index contributed by atoms with van der Waals surface area (Å²) in [6, 6.07) is 10.9. The fourth-order valence-electron chi connectivity index (χ4n) is 4.90. The highest BCUT2D eigenvalue weighted by atomic mass is 19.3. The highest BCUT2D eigenvalue weighted by Crippen LogP contribution is 2.47. The first-order valence-electron chi connectivity index (χ1n) is 13.8. The highest BCUT2D eigenvalue weighted by Gasteiger charge is 2.49. The minimum Gasteiger partial charge on any atom is -0.401 e. The Morgan fingerprint density at radius 2 is 1.95 bits per heavy atom. The molecule has 2 fully saturated rings. The van der Waals surface area contributed by atoms with E-state index in [4.69, 9.17) is 11.5 Å². The Balaban J connectivity index is 0.000000186. The van der Waals surface area contributed by atoms with Crippen molar-refractivity contribution in [2.75, 3.05) is 20.1 Å². The number of likely N-dealkylation sites (tertiary alicyclic amines) is 1. The molecule has 216 valence electrons. The fourth-order valence-corrected chi connectivity index (χ4v) is 4.90. The molecule has 0 bridgehead atoms. The summed E-state index contributed by atoms with van der Waals surface area (Å²) >= 11 is 0. The van der Waals surface area contributed by atoms with Crippen LogP contribution in [0.4, 0.5) is 13.2 Å². The Kier molecular flexibility index (Phi) is 13.5. The second kappa shape index (κ2) is 16.3. The minimum atomic E-state index is -2.55. The van der Waals surface area contributed by atoms with E-state index < -0.39 is 12.2 Å². The van der Waals surface area contributed by atoms with Gasteiger partial charge in [-0.3, -0.25) is 15.2 Å². The van der Waals surface area contributed by atoms with Crippen molar-refractivity contribution < 1.29 is 13.2 Å². The molecule has 5 rings (SSSR count). The molecule has 5 N–H and O–H groups in total. The molecule has 1 aromatic rings. The summed E-state index contributed by atoms with van der Waals surface area (Å²) in [5, 5.41) is 2.61. The van der Waals surface area contributed by atoms with Crippen molar-refractivity contribution in [1.82, 2.24) is 10.2 Å². The van der Waals surface area contributed by atoms with Gasteiger partial charge in [0.25, 0.3) is 0 Å². The molecule has 8 heteroatoms. The molecule has 0 radical (unpaired) electrons. The summed E-state index contributed by atoms with van der Waals surface area (Å²) in [7, 11) is 2.09. The lowest BCUT2D eigenvalue weighted by Gasteiger charge is -2.41. The van der Waals surface area contributed by atoms with E-state index in [1.807, 2.05) is 12.1 Å². The number of nitrogens with two attached hydrogens (primary N) is 2. The van der Waals surface area contributed by atoms with Gasteiger partial charge in [0.2, 0.25) is 5.92 Å². The van der Waals surface area contributed by atoms with Crippen molar-refractivity contribution in [2.24, 2.45) is 28.3 Å². The summed E-state index contributed by atoms with van der Waals surface area (Å²) in [4.78, 5) is 6.32. The number of aliphatic imine (C=N–C) groups is 1. The van der Waals surface area contributed by atoms with E-state index in [1.54, 1.807) is 18.4 Å². The number of nitrogens with one attached hydrogen (secondary N) is 1. The van der Waals surface area contributed by atoms with Crippen molar-refractivity contribution in [2.45, 2.75) is 70.1 Å². The molecule has 3 atom stereocenters. The highest BCUT2D eigenvalue weighted by molar-refractivity contribution is 5.89. The van der Waals surface area contributed by atoms with Gasteiger partial charge in [0.1, 0.15) is 0 Å². The molecule has 3 aliphatic heterocycles. The van der Waals surface area contributed by atoms with Crippen molar-refractivity contribution in [1.29, 1.82) is 0 Å². The number of alkyl halides is 3. The molecule has 1 saturated heterocycles. The summed E-state index contributed by atoms with van der Waals surface area (Å²) < 4.78 is 38.2. The molecule has 1 saturated carbocycles. The van der Waals surface area contributed by atoms with E-state index >= 15 is 0 Å². The molecule has 0 aromatic heterocycles. The lowest BCUT2D eigenvalue weighted by Crippen LogP contribution is -2.46. The van der Waals surface area contributed by atoms with Crippen LogP contribution in [0.2, 0.25) is 0 Å². The summed E-state index contributed by atoms with van der Waals surface area (Å²) in [5.74, 6) is -3.09. The van der Waals surface area contributed by atoms with Crippen LogP contribution in [0, 0.1) is 11.8 Å². The van der Waals surface area contributed by atoms with E-state index in [0.717, 1.165) is 36.4 Å². The van der Waals surface area contributed by atoms with Gasteiger partial charge in [-0.15, -0.1) is 6.58 Å². The van der Waals surface area contributed by atoms with Gasteiger partial charge in [0, 0.05) is 67.5 Å². The van der Waals surface area contributed by atoms with Gasteiger partial charge in [-0.25, -0.2) is 13.2 Å². The third-order valence-electron chi connectivity index (χ3n) is 7.19. The molecular weight excluding hydrogens is 499 g/mol. The maximum absolute atomic E-state index is 13.2. The molecule has 4 aliphatic rings. The van der Waals surface area contributed by atoms with Crippen LogP contribution >= 0.6 is 0 Å². The quantitative estimate of drug-likeness (QED) is 0.308. The average Bonchev–Trinajstić information content (AvgIpc) is 3.52. The Labute approximate surface area is 232 Å². The van der Waals surface area contributed by atoms with E-state index in [0.29, 0.717) is 12.6 Å². The van der Waals surface area contributed by atoms with E-state index in [2.05, 4.69) is 66.6 Å². The zero-order valence-electron chi connectivity index (χ0n) is 23.5. The molecule has 0 amide bonds. The second-order valence-electron chi connectivity index (χ2n) is 10.5. The van der Waals surface area contributed by atoms with Crippen molar-refractivity contribution in [3.63, 3.8) is 0 Å². The first-order valence-corrected chi connectivity index (χ1v) is 13.8. The number of aryl methyl sites for hydroxylation is 1. The maximum Gasteiger partial charge on any atom is 0.248 e. The number of benzene rings is 1. The second-order valence-corrected chi connectivity index (χ2v) is 10.5. The molecule has 5 nitrogen and oxygen atoms in total. The zero-order chi connectivity index (χ0) is 28.8. The number of likely N-dealkylation sites (N-methyl/N-ethyl adjacent to an activating group) is 1. The lowest BCUT2D eigenvalue weighted by atomic mass is 9.72. The van der Waals surface area contributed by atoms with Crippen LogP contribution in [0.3, 0.4) is 0 Å². The SMILES string of the molecule is C=C(N)C1CCCN1C.C=CCC1=NC=C(N)C1.CCc1ccccc1.FC1NCC=CC1C1CC(F)(F)C1. The third kappa shape index (κ3) is 11.4. The Bertz CT molecular complexity index is 981. The number of halogens is 3. The molecule has 3 unspecified atom stereocenters. The number of hydrogen-bond donors (Lipinski definition) is 3. The molecule has 0 spiro atoms. The zero-order valence-corrected chi connectivity index (χ0v) is 23.5. The number of allylic oxidation sites excluding steroid dienone is 2. The van der Waals surface area contributed by atoms with E-state index in [9.17, 15) is 13.2 Å². The predicted octanol–water partition coefficient (Wildman–Crippen LogP) is 6.11. The Hall–Kier alpha value is -2.84. The first kappa shape index (κ1) is 32.4. The number of rotatable bonds is 5. The lowest BCUT2D eigenvalue weighted by molar-refractivity contribution is -0.129. The van der Waals surface area contributed by atoms with E-state index in [1.165, 1.54) is 24.9 Å². The van der Waals surface area contributed by atoms with Gasteiger partial charge in [-0.05, 0) is 44.3 Å². The molecule has 3 heterocycles. The van der Waals surface area contributed by atoms with Crippen LogP contribution in [-0.2, 0) is 6.42 Å². The van der Waals surface area contributed by atoms with Gasteiger partial charge in [0.05, 0.1) is 0 Å². The number of nitrogens with zero attached hydrogens (tertiary/aromatic N) is 2. The minimum absolute atomic E-state index is 0.163. The van der Waals surface area contributed by atoms with Crippen LogP contribution in [0.1, 0.15) is 51.0 Å². The van der Waals surface area contributed by atoms with Gasteiger partial charge in [-0.2, -0.15) is 0 Å². The number of hydrogen-bond acceptors (Lipinski definition) is 5. The standard InChI is InChI=1S/C9H12F3N.C8H10.C7H14N2.C7H10N2/c10-8-7(2-1-3-13-8)6-4-9(11,12)5-6;1-2-8-6-4-3-5-7-8;1-6(8)7-4-3-5-9(7)2;1-2-3-7-4-6(8)5-9-7/h1-2,6-8,13H,3-5H2;3-7H,2H2,1H3;7H,1,3-5,8H2,2H3;2,5H,1,3-4,8H2. The molecule has 39 heavy (non-hydrogen) atoms. The van der Waals surface area contributed by atoms with Crippen molar-refractivity contribution >= 4 is 5.71 Å². The average molecular weight is 546 g/mol. The fraction of sp³-hybridized carbons (Fsp3) is 0.516. The molecule has 1 aromatic carbocycles. The topological polar surface area (TPSA) is 79.7 Å². The monoisotopic (exact) mass is 545 g/mol. The van der Waals surface area contributed by atoms with Crippen LogP contribution in [0.15, 0.2) is 84.3 Å². The van der Waals surface area contributed by atoms with Gasteiger partial charge in [-0.1, -0.05) is 62.1 Å².